The van der Waals surface area contributed by atoms with Crippen LogP contribution in [0.4, 0.5) is 0 Å². The number of hydrogen-bond donors (Lipinski definition) is 1. The highest BCUT2D eigenvalue weighted by Crippen LogP contribution is 2.24. The van der Waals surface area contributed by atoms with Crippen molar-refractivity contribution in [2.75, 3.05) is 0 Å². The second-order valence-electron chi connectivity index (χ2n) is 4.54. The van der Waals surface area contributed by atoms with Crippen molar-refractivity contribution in [1.29, 1.82) is 0 Å². The van der Waals surface area contributed by atoms with Gasteiger partial charge >= 0.3 is 0 Å². The van der Waals surface area contributed by atoms with E-state index in [1.165, 1.54) is 0 Å². The highest BCUT2D eigenvalue weighted by molar-refractivity contribution is 9.09. The molecule has 1 aromatic heterocycles. The number of carbonyl (C=O) groups excluding carboxylic acids is 1. The van der Waals surface area contributed by atoms with E-state index in [2.05, 4.69) is 21.2 Å². The van der Waals surface area contributed by atoms with E-state index in [-0.39, 0.29) is 5.91 Å². The molecule has 1 amide bonds. The predicted molar refractivity (Wildman–Crippen MR) is 70.5 cm³/mol. The first-order valence-electron chi connectivity index (χ1n) is 6.22. The number of halogens is 1. The standard InChI is InChI=1S/C13H18BrNO2/c1-2-11-7-8-12(17-11)13(16)15-10-5-3-9(14)4-6-10/h7-10H,2-6H2,1H3,(H,15,16). The fraction of sp³-hybridized carbons (Fsp3) is 0.615. The van der Waals surface area contributed by atoms with E-state index in [0.717, 1.165) is 37.9 Å². The average Bonchev–Trinajstić information content (AvgIpc) is 2.81. The van der Waals surface area contributed by atoms with E-state index < -0.39 is 0 Å². The van der Waals surface area contributed by atoms with Gasteiger partial charge in [-0.2, -0.15) is 0 Å². The molecular formula is C13H18BrNO2. The van der Waals surface area contributed by atoms with Crippen LogP contribution >= 0.6 is 15.9 Å². The summed E-state index contributed by atoms with van der Waals surface area (Å²) < 4.78 is 5.44. The van der Waals surface area contributed by atoms with E-state index in [1.54, 1.807) is 6.07 Å². The van der Waals surface area contributed by atoms with Crippen LogP contribution in [-0.2, 0) is 6.42 Å². The molecule has 0 atom stereocenters. The van der Waals surface area contributed by atoms with Crippen molar-refractivity contribution in [3.63, 3.8) is 0 Å². The third kappa shape index (κ3) is 3.35. The largest absolute Gasteiger partial charge is 0.456 e. The summed E-state index contributed by atoms with van der Waals surface area (Å²) in [6.45, 7) is 2.01. The van der Waals surface area contributed by atoms with Crippen molar-refractivity contribution in [3.05, 3.63) is 23.7 Å². The van der Waals surface area contributed by atoms with Crippen molar-refractivity contribution >= 4 is 21.8 Å². The zero-order valence-corrected chi connectivity index (χ0v) is 11.6. The van der Waals surface area contributed by atoms with E-state index >= 15 is 0 Å². The Labute approximate surface area is 110 Å². The molecule has 0 spiro atoms. The molecule has 17 heavy (non-hydrogen) atoms. The van der Waals surface area contributed by atoms with Crippen LogP contribution in [0.25, 0.3) is 0 Å². The third-order valence-corrected chi connectivity index (χ3v) is 4.14. The normalized spacial score (nSPS) is 24.6. The lowest BCUT2D eigenvalue weighted by atomic mass is 9.95. The van der Waals surface area contributed by atoms with Gasteiger partial charge in [0.05, 0.1) is 0 Å². The molecule has 3 nitrogen and oxygen atoms in total. The Morgan fingerprint density at radius 3 is 2.71 bits per heavy atom. The van der Waals surface area contributed by atoms with Gasteiger partial charge in [0.2, 0.25) is 0 Å². The SMILES string of the molecule is CCc1ccc(C(=O)NC2CCC(Br)CC2)o1. The van der Waals surface area contributed by atoms with E-state index in [9.17, 15) is 4.79 Å². The van der Waals surface area contributed by atoms with Crippen molar-refractivity contribution in [1.82, 2.24) is 5.32 Å². The van der Waals surface area contributed by atoms with Gasteiger partial charge in [0.15, 0.2) is 5.76 Å². The van der Waals surface area contributed by atoms with Crippen LogP contribution in [0.3, 0.4) is 0 Å². The Bertz CT molecular complexity index is 381. The summed E-state index contributed by atoms with van der Waals surface area (Å²) in [5.41, 5.74) is 0. The van der Waals surface area contributed by atoms with Gasteiger partial charge in [-0.25, -0.2) is 0 Å². The Hall–Kier alpha value is -0.770. The smallest absolute Gasteiger partial charge is 0.287 e. The van der Waals surface area contributed by atoms with Crippen LogP contribution in [0, 0.1) is 0 Å². The number of amides is 1. The molecule has 94 valence electrons. The zero-order valence-electron chi connectivity index (χ0n) is 10.0. The van der Waals surface area contributed by atoms with Crippen LogP contribution in [-0.4, -0.2) is 16.8 Å². The molecule has 0 radical (unpaired) electrons. The minimum Gasteiger partial charge on any atom is -0.456 e. The molecule has 0 saturated heterocycles. The quantitative estimate of drug-likeness (QED) is 0.870. The second-order valence-corrected chi connectivity index (χ2v) is 5.84. The summed E-state index contributed by atoms with van der Waals surface area (Å²) in [7, 11) is 0. The summed E-state index contributed by atoms with van der Waals surface area (Å²) in [6, 6.07) is 3.92. The van der Waals surface area contributed by atoms with Gasteiger partial charge in [0.25, 0.3) is 5.91 Å². The minimum absolute atomic E-state index is 0.0808. The number of aryl methyl sites for hydroxylation is 1. The molecule has 1 saturated carbocycles. The van der Waals surface area contributed by atoms with Crippen molar-refractivity contribution in [2.24, 2.45) is 0 Å². The number of alkyl halides is 1. The van der Waals surface area contributed by atoms with Crippen molar-refractivity contribution in [2.45, 2.75) is 49.9 Å². The lowest BCUT2D eigenvalue weighted by molar-refractivity contribution is 0.0898. The molecule has 1 aliphatic rings. The second kappa shape index (κ2) is 5.71. The van der Waals surface area contributed by atoms with E-state index in [1.807, 2.05) is 13.0 Å². The van der Waals surface area contributed by atoms with Crippen LogP contribution in [0.1, 0.15) is 48.9 Å². The van der Waals surface area contributed by atoms with Gasteiger partial charge in [-0.3, -0.25) is 4.79 Å². The lowest BCUT2D eigenvalue weighted by Crippen LogP contribution is -2.37. The summed E-state index contributed by atoms with van der Waals surface area (Å²) >= 11 is 3.61. The number of hydrogen-bond acceptors (Lipinski definition) is 2. The average molecular weight is 300 g/mol. The van der Waals surface area contributed by atoms with Crippen molar-refractivity contribution < 1.29 is 9.21 Å². The molecule has 0 bridgehead atoms. The molecule has 2 rings (SSSR count). The van der Waals surface area contributed by atoms with Crippen LogP contribution in [0.15, 0.2) is 16.5 Å². The molecule has 1 heterocycles. The highest BCUT2D eigenvalue weighted by Gasteiger charge is 2.22. The molecule has 1 aromatic rings. The van der Waals surface area contributed by atoms with E-state index in [0.29, 0.717) is 16.6 Å². The van der Waals surface area contributed by atoms with Gasteiger partial charge in [-0.1, -0.05) is 22.9 Å². The predicted octanol–water partition coefficient (Wildman–Crippen LogP) is 3.28. The monoisotopic (exact) mass is 299 g/mol. The first kappa shape index (κ1) is 12.7. The minimum atomic E-state index is -0.0808. The van der Waals surface area contributed by atoms with Crippen LogP contribution < -0.4 is 5.32 Å². The molecule has 0 aliphatic heterocycles. The van der Waals surface area contributed by atoms with Gasteiger partial charge in [0, 0.05) is 17.3 Å². The topological polar surface area (TPSA) is 42.2 Å². The summed E-state index contributed by atoms with van der Waals surface area (Å²) in [6.07, 6.45) is 5.17. The van der Waals surface area contributed by atoms with Crippen LogP contribution in [0.2, 0.25) is 0 Å². The molecule has 1 aliphatic carbocycles. The molecule has 0 aromatic carbocycles. The first-order valence-corrected chi connectivity index (χ1v) is 7.14. The van der Waals surface area contributed by atoms with Crippen LogP contribution in [0.5, 0.6) is 0 Å². The number of nitrogens with one attached hydrogen (secondary N) is 1. The summed E-state index contributed by atoms with van der Waals surface area (Å²) in [5.74, 6) is 1.21. The maximum atomic E-state index is 11.9. The summed E-state index contributed by atoms with van der Waals surface area (Å²) in [5, 5.41) is 3.04. The molecule has 1 N–H and O–H groups in total. The van der Waals surface area contributed by atoms with Gasteiger partial charge in [-0.15, -0.1) is 0 Å². The number of furan rings is 1. The third-order valence-electron chi connectivity index (χ3n) is 3.23. The zero-order chi connectivity index (χ0) is 12.3. The fourth-order valence-electron chi connectivity index (χ4n) is 2.14. The summed E-state index contributed by atoms with van der Waals surface area (Å²) in [4.78, 5) is 12.5. The Morgan fingerprint density at radius 2 is 2.12 bits per heavy atom. The molecule has 1 fully saturated rings. The number of carbonyl (C=O) groups is 1. The number of rotatable bonds is 3. The van der Waals surface area contributed by atoms with Gasteiger partial charge < -0.3 is 9.73 Å². The van der Waals surface area contributed by atoms with Gasteiger partial charge in [-0.05, 0) is 37.8 Å². The van der Waals surface area contributed by atoms with Gasteiger partial charge in [0.1, 0.15) is 5.76 Å². The maximum absolute atomic E-state index is 11.9. The molecule has 4 heteroatoms. The van der Waals surface area contributed by atoms with E-state index in [4.69, 9.17) is 4.42 Å². The Kier molecular flexibility index (Phi) is 4.26. The molecule has 0 unspecified atom stereocenters. The fourth-order valence-corrected chi connectivity index (χ4v) is 2.67. The lowest BCUT2D eigenvalue weighted by Gasteiger charge is -2.25. The molecular weight excluding hydrogens is 282 g/mol. The Balaban J connectivity index is 1.88. The first-order chi connectivity index (χ1) is 8.19. The van der Waals surface area contributed by atoms with Crippen molar-refractivity contribution in [3.8, 4) is 0 Å². The maximum Gasteiger partial charge on any atom is 0.287 e. The highest BCUT2D eigenvalue weighted by atomic mass is 79.9. The Morgan fingerprint density at radius 1 is 1.41 bits per heavy atom.